The lowest BCUT2D eigenvalue weighted by atomic mass is 10.6. The molecule has 2 nitrogen and oxygen atoms in total. The lowest BCUT2D eigenvalue weighted by Crippen LogP contribution is -2.10. The van der Waals surface area contributed by atoms with Crippen LogP contribution in [0.2, 0.25) is 0 Å². The molecule has 0 N–H and O–H groups in total. The highest BCUT2D eigenvalue weighted by atomic mass is 32.2. The molecule has 7 heavy (non-hydrogen) atoms. The number of rotatable bonds is 1. The van der Waals surface area contributed by atoms with E-state index in [9.17, 15) is 8.42 Å². The maximum absolute atomic E-state index is 10.3. The van der Waals surface area contributed by atoms with Crippen LogP contribution in [0.4, 0.5) is 0 Å². The van der Waals surface area contributed by atoms with E-state index >= 15 is 0 Å². The second-order valence-electron chi connectivity index (χ2n) is 1.64. The first kappa shape index (κ1) is 6.95. The molecule has 43 valence electrons. The number of hydrogen-bond donors (Lipinski definition) is 0. The second kappa shape index (κ2) is 1.82. The van der Waals surface area contributed by atoms with Gasteiger partial charge in [0.25, 0.3) is 0 Å². The van der Waals surface area contributed by atoms with Crippen LogP contribution in [0.3, 0.4) is 0 Å². The monoisotopic (exact) mass is 121 g/mol. The molecule has 0 fully saturated rings. The van der Waals surface area contributed by atoms with Crippen molar-refractivity contribution in [2.24, 2.45) is 0 Å². The van der Waals surface area contributed by atoms with E-state index in [0.29, 0.717) is 0 Å². The maximum atomic E-state index is 10.3. The highest BCUT2D eigenvalue weighted by Crippen LogP contribution is 1.91. The summed E-state index contributed by atoms with van der Waals surface area (Å²) in [6.07, 6.45) is 1.17. The average Bonchev–Trinajstić information content (AvgIpc) is 1.31. The van der Waals surface area contributed by atoms with Crippen LogP contribution >= 0.6 is 0 Å². The average molecular weight is 121 g/mol. The Hall–Kier alpha value is -0.0500. The van der Waals surface area contributed by atoms with Gasteiger partial charge in [0.15, 0.2) is 0 Å². The fourth-order valence-electron chi connectivity index (χ4n) is 0. The minimum absolute atomic E-state index is 0.479. The smallest absolute Gasteiger partial charge is 0.150 e. The molecule has 0 aromatic carbocycles. The SMILES string of the molecule is [CH2][C@H](C)S(C)(=O)=O. The lowest BCUT2D eigenvalue weighted by Gasteiger charge is -1.96. The van der Waals surface area contributed by atoms with E-state index in [2.05, 4.69) is 6.92 Å². The van der Waals surface area contributed by atoms with Gasteiger partial charge in [-0.1, -0.05) is 0 Å². The standard InChI is InChI=1S/C4H9O2S/c1-4(2)7(3,5)6/h4H,1H2,2-3H3/t4-/m1/s1. The Balaban J connectivity index is 4.10. The lowest BCUT2D eigenvalue weighted by molar-refractivity contribution is 0.597. The van der Waals surface area contributed by atoms with Gasteiger partial charge >= 0.3 is 0 Å². The van der Waals surface area contributed by atoms with Gasteiger partial charge in [-0.25, -0.2) is 8.42 Å². The Kier molecular flexibility index (Phi) is 1.81. The first-order valence-corrected chi connectivity index (χ1v) is 3.92. The fourth-order valence-corrected chi connectivity index (χ4v) is 0. The van der Waals surface area contributed by atoms with E-state index in [1.807, 2.05) is 0 Å². The quantitative estimate of drug-likeness (QED) is 0.498. The molecule has 0 saturated carbocycles. The summed E-state index contributed by atoms with van der Waals surface area (Å²) in [7, 11) is -2.85. The zero-order valence-corrected chi connectivity index (χ0v) is 5.33. The predicted molar refractivity (Wildman–Crippen MR) is 29.7 cm³/mol. The number of hydrogen-bond acceptors (Lipinski definition) is 2. The van der Waals surface area contributed by atoms with E-state index < -0.39 is 15.1 Å². The van der Waals surface area contributed by atoms with Gasteiger partial charge in [0, 0.05) is 6.26 Å². The van der Waals surface area contributed by atoms with Gasteiger partial charge in [-0.15, -0.1) is 0 Å². The van der Waals surface area contributed by atoms with Crippen LogP contribution in [0.25, 0.3) is 0 Å². The minimum atomic E-state index is -2.85. The summed E-state index contributed by atoms with van der Waals surface area (Å²) in [5.74, 6) is 0. The Morgan fingerprint density at radius 1 is 1.57 bits per heavy atom. The molecule has 0 aliphatic carbocycles. The van der Waals surface area contributed by atoms with Crippen molar-refractivity contribution in [2.75, 3.05) is 6.26 Å². The van der Waals surface area contributed by atoms with Crippen molar-refractivity contribution in [1.82, 2.24) is 0 Å². The van der Waals surface area contributed by atoms with Crippen LogP contribution in [0, 0.1) is 6.92 Å². The van der Waals surface area contributed by atoms with Crippen molar-refractivity contribution in [1.29, 1.82) is 0 Å². The molecule has 0 rings (SSSR count). The van der Waals surface area contributed by atoms with Crippen molar-refractivity contribution in [3.8, 4) is 0 Å². The molecule has 3 heteroatoms. The summed E-state index contributed by atoms with van der Waals surface area (Å²) in [6.45, 7) is 4.87. The van der Waals surface area contributed by atoms with E-state index in [1.165, 1.54) is 6.26 Å². The van der Waals surface area contributed by atoms with Crippen LogP contribution in [-0.4, -0.2) is 19.9 Å². The fraction of sp³-hybridized carbons (Fsp3) is 0.750. The van der Waals surface area contributed by atoms with E-state index in [-0.39, 0.29) is 0 Å². The van der Waals surface area contributed by atoms with Crippen LogP contribution < -0.4 is 0 Å². The second-order valence-corrected chi connectivity index (χ2v) is 4.10. The summed E-state index contributed by atoms with van der Waals surface area (Å²) in [6, 6.07) is 0. The molecule has 0 aliphatic heterocycles. The summed E-state index contributed by atoms with van der Waals surface area (Å²) in [4.78, 5) is 0. The topological polar surface area (TPSA) is 34.1 Å². The molecule has 0 saturated heterocycles. The summed E-state index contributed by atoms with van der Waals surface area (Å²) < 4.78 is 20.5. The first-order valence-electron chi connectivity index (χ1n) is 1.96. The third-order valence-corrected chi connectivity index (χ3v) is 2.19. The van der Waals surface area contributed by atoms with Crippen molar-refractivity contribution < 1.29 is 8.42 Å². The molecule has 0 amide bonds. The van der Waals surface area contributed by atoms with Crippen LogP contribution in [0.1, 0.15) is 6.92 Å². The van der Waals surface area contributed by atoms with E-state index in [0.717, 1.165) is 0 Å². The summed E-state index contributed by atoms with van der Waals surface area (Å²) >= 11 is 0. The third-order valence-electron chi connectivity index (χ3n) is 0.731. The van der Waals surface area contributed by atoms with Gasteiger partial charge in [0.2, 0.25) is 0 Å². The summed E-state index contributed by atoms with van der Waals surface area (Å²) in [5.41, 5.74) is 0. The molecule has 0 bridgehead atoms. The van der Waals surface area contributed by atoms with Gasteiger partial charge in [-0.2, -0.15) is 0 Å². The molecule has 1 atom stereocenters. The Bertz CT molecular complexity index is 132. The highest BCUT2D eigenvalue weighted by molar-refractivity contribution is 7.91. The molecule has 0 unspecified atom stereocenters. The highest BCUT2D eigenvalue weighted by Gasteiger charge is 2.05. The summed E-state index contributed by atoms with van der Waals surface area (Å²) in [5, 5.41) is -0.479. The number of sulfone groups is 1. The first-order chi connectivity index (χ1) is 2.94. The van der Waals surface area contributed by atoms with Crippen molar-refractivity contribution in [3.63, 3.8) is 0 Å². The van der Waals surface area contributed by atoms with Gasteiger partial charge in [-0.05, 0) is 13.8 Å². The van der Waals surface area contributed by atoms with Gasteiger partial charge in [0.1, 0.15) is 9.84 Å². The van der Waals surface area contributed by atoms with Gasteiger partial charge in [0.05, 0.1) is 5.25 Å². The van der Waals surface area contributed by atoms with Gasteiger partial charge in [-0.3, -0.25) is 0 Å². The zero-order valence-electron chi connectivity index (χ0n) is 4.51. The minimum Gasteiger partial charge on any atom is -0.229 e. The zero-order chi connectivity index (χ0) is 6.08. The molecule has 1 radical (unpaired) electrons. The van der Waals surface area contributed by atoms with Crippen molar-refractivity contribution in [2.45, 2.75) is 12.2 Å². The van der Waals surface area contributed by atoms with Gasteiger partial charge < -0.3 is 0 Å². The Labute approximate surface area is 44.5 Å². The largest absolute Gasteiger partial charge is 0.229 e. The van der Waals surface area contributed by atoms with Crippen LogP contribution in [0.15, 0.2) is 0 Å². The molecule has 0 spiro atoms. The molecule has 0 aromatic rings. The molecular formula is C4H9O2S. The Morgan fingerprint density at radius 2 is 1.71 bits per heavy atom. The molecule has 0 aromatic heterocycles. The van der Waals surface area contributed by atoms with Crippen molar-refractivity contribution >= 4 is 9.84 Å². The van der Waals surface area contributed by atoms with E-state index in [4.69, 9.17) is 0 Å². The molecular weight excluding hydrogens is 112 g/mol. The predicted octanol–water partition coefficient (Wildman–Crippen LogP) is 0.254. The van der Waals surface area contributed by atoms with Crippen LogP contribution in [-0.2, 0) is 9.84 Å². The normalized spacial score (nSPS) is 12.6. The van der Waals surface area contributed by atoms with Crippen LogP contribution in [0.5, 0.6) is 0 Å². The maximum Gasteiger partial charge on any atom is 0.150 e. The Morgan fingerprint density at radius 3 is 1.71 bits per heavy atom. The molecule has 0 heterocycles. The third kappa shape index (κ3) is 2.62. The van der Waals surface area contributed by atoms with Crippen molar-refractivity contribution in [3.05, 3.63) is 6.92 Å². The molecule has 0 aliphatic rings. The van der Waals surface area contributed by atoms with E-state index in [1.54, 1.807) is 6.92 Å².